The van der Waals surface area contributed by atoms with Gasteiger partial charge in [-0.2, -0.15) is 0 Å². The van der Waals surface area contributed by atoms with Gasteiger partial charge in [0.2, 0.25) is 0 Å². The van der Waals surface area contributed by atoms with E-state index in [1.807, 2.05) is 24.5 Å². The van der Waals surface area contributed by atoms with E-state index in [9.17, 15) is 0 Å². The highest BCUT2D eigenvalue weighted by molar-refractivity contribution is 5.67. The topological polar surface area (TPSA) is 38.7 Å². The lowest BCUT2D eigenvalue weighted by atomic mass is 9.66. The Labute approximate surface area is 293 Å². The summed E-state index contributed by atoms with van der Waals surface area (Å²) in [7, 11) is 0. The first-order valence-corrected chi connectivity index (χ1v) is 16.9. The summed E-state index contributed by atoms with van der Waals surface area (Å²) < 4.78 is 0. The van der Waals surface area contributed by atoms with Crippen LogP contribution >= 0.6 is 0 Å². The van der Waals surface area contributed by atoms with Crippen LogP contribution in [0.15, 0.2) is 213 Å². The molecule has 0 aliphatic carbocycles. The van der Waals surface area contributed by atoms with E-state index in [2.05, 4.69) is 188 Å². The fourth-order valence-corrected chi connectivity index (χ4v) is 7.47. The van der Waals surface area contributed by atoms with Crippen molar-refractivity contribution < 1.29 is 0 Å². The molecule has 0 aliphatic rings. The first kappa shape index (κ1) is 30.9. The predicted molar refractivity (Wildman–Crippen MR) is 202 cm³/mol. The molecule has 0 amide bonds. The molecule has 3 heterocycles. The van der Waals surface area contributed by atoms with Crippen molar-refractivity contribution in [2.24, 2.45) is 0 Å². The van der Waals surface area contributed by atoms with E-state index < -0.39 is 10.8 Å². The lowest BCUT2D eigenvalue weighted by Gasteiger charge is -2.36. The molecule has 0 fully saturated rings. The number of hydrogen-bond donors (Lipinski definition) is 0. The molecule has 0 atom stereocenters. The Morgan fingerprint density at radius 1 is 0.300 bits per heavy atom. The zero-order chi connectivity index (χ0) is 33.6. The molecule has 0 N–H and O–H groups in total. The molecule has 0 spiro atoms. The Morgan fingerprint density at radius 3 is 1.18 bits per heavy atom. The van der Waals surface area contributed by atoms with E-state index in [1.54, 1.807) is 0 Å². The van der Waals surface area contributed by atoms with Crippen molar-refractivity contribution in [3.63, 3.8) is 0 Å². The summed E-state index contributed by atoms with van der Waals surface area (Å²) in [5.74, 6) is 0. The molecule has 8 rings (SSSR count). The van der Waals surface area contributed by atoms with Crippen LogP contribution in [-0.4, -0.2) is 15.0 Å². The number of benzene rings is 5. The van der Waals surface area contributed by atoms with Crippen molar-refractivity contribution >= 4 is 0 Å². The maximum Gasteiger partial charge on any atom is 0.104 e. The second-order valence-corrected chi connectivity index (χ2v) is 12.4. The van der Waals surface area contributed by atoms with Gasteiger partial charge in [-0.25, -0.2) is 0 Å². The quantitative estimate of drug-likeness (QED) is 0.147. The van der Waals surface area contributed by atoms with Gasteiger partial charge < -0.3 is 0 Å². The van der Waals surface area contributed by atoms with E-state index in [1.165, 1.54) is 0 Å². The second kappa shape index (κ2) is 13.6. The minimum absolute atomic E-state index is 0.663. The molecule has 0 aliphatic heterocycles. The average Bonchev–Trinajstić information content (AvgIpc) is 3.21. The summed E-state index contributed by atoms with van der Waals surface area (Å²) in [6.07, 6.45) is 3.75. The highest BCUT2D eigenvalue weighted by Gasteiger charge is 2.42. The van der Waals surface area contributed by atoms with Crippen molar-refractivity contribution in [3.8, 4) is 11.3 Å². The van der Waals surface area contributed by atoms with Crippen LogP contribution < -0.4 is 0 Å². The van der Waals surface area contributed by atoms with Crippen molar-refractivity contribution in [2.75, 3.05) is 0 Å². The van der Waals surface area contributed by atoms with E-state index in [4.69, 9.17) is 15.0 Å². The lowest BCUT2D eigenvalue weighted by molar-refractivity contribution is 0.688. The van der Waals surface area contributed by atoms with Crippen LogP contribution in [0.1, 0.15) is 44.9 Å². The van der Waals surface area contributed by atoms with Crippen LogP contribution in [0.3, 0.4) is 0 Å². The Bertz CT molecular complexity index is 1930. The minimum Gasteiger partial charge on any atom is -0.260 e. The third kappa shape index (κ3) is 5.30. The van der Waals surface area contributed by atoms with Crippen LogP contribution in [0, 0.1) is 0 Å². The largest absolute Gasteiger partial charge is 0.260 e. The summed E-state index contributed by atoms with van der Waals surface area (Å²) in [4.78, 5) is 15.5. The van der Waals surface area contributed by atoms with Crippen molar-refractivity contribution in [1.82, 2.24) is 15.0 Å². The molecule has 0 saturated carbocycles. The normalized spacial score (nSPS) is 11.6. The van der Waals surface area contributed by atoms with Gasteiger partial charge in [0.05, 0.1) is 28.2 Å². The lowest BCUT2D eigenvalue weighted by Crippen LogP contribution is -2.33. The van der Waals surface area contributed by atoms with Gasteiger partial charge in [0.25, 0.3) is 0 Å². The number of rotatable bonds is 9. The highest BCUT2D eigenvalue weighted by Crippen LogP contribution is 2.46. The maximum absolute atomic E-state index is 5.53. The van der Waals surface area contributed by atoms with Crippen LogP contribution in [0.4, 0.5) is 0 Å². The van der Waals surface area contributed by atoms with Crippen LogP contribution in [0.25, 0.3) is 11.3 Å². The van der Waals surface area contributed by atoms with E-state index in [0.717, 1.165) is 56.2 Å². The number of hydrogen-bond acceptors (Lipinski definition) is 3. The number of pyridine rings is 3. The molecular formula is C47H35N3. The van der Waals surface area contributed by atoms with Gasteiger partial charge in [-0.15, -0.1) is 0 Å². The minimum atomic E-state index is -0.747. The fourth-order valence-electron chi connectivity index (χ4n) is 7.47. The van der Waals surface area contributed by atoms with Gasteiger partial charge >= 0.3 is 0 Å². The second-order valence-electron chi connectivity index (χ2n) is 12.4. The molecule has 3 heteroatoms. The summed E-state index contributed by atoms with van der Waals surface area (Å²) in [5, 5.41) is 0. The van der Waals surface area contributed by atoms with Gasteiger partial charge in [-0.3, -0.25) is 15.0 Å². The SMILES string of the molecule is c1ccc(C(c2ccccc2)(c2cccc(-c3cccc(C(c4ccccc4)(c4ccccc4)c4ccccn4)n3)c2)c2ccccn2)cc1. The molecule has 3 aromatic heterocycles. The molecule has 0 bridgehead atoms. The molecule has 8 aromatic rings. The Hall–Kier alpha value is -6.45. The molecule has 0 unspecified atom stereocenters. The zero-order valence-electron chi connectivity index (χ0n) is 27.5. The van der Waals surface area contributed by atoms with Crippen LogP contribution in [0.2, 0.25) is 0 Å². The van der Waals surface area contributed by atoms with E-state index in [0.29, 0.717) is 0 Å². The standard InChI is InChI=1S/C47H35N3/c1-5-20-37(21-6-1)46(38-22-7-2-8-23-38,43-30-13-15-33-48-43)41-28-17-19-36(35-41)42-29-18-32-45(50-42)47(39-24-9-3-10-25-39,40-26-11-4-12-27-40)44-31-14-16-34-49-44/h1-35H. The monoisotopic (exact) mass is 641 g/mol. The molecule has 0 radical (unpaired) electrons. The number of nitrogens with zero attached hydrogens (tertiary/aromatic N) is 3. The smallest absolute Gasteiger partial charge is 0.104 e. The van der Waals surface area contributed by atoms with Crippen molar-refractivity contribution in [1.29, 1.82) is 0 Å². The Kier molecular flexibility index (Phi) is 8.38. The summed E-state index contributed by atoms with van der Waals surface area (Å²) >= 11 is 0. The van der Waals surface area contributed by atoms with Crippen LogP contribution in [-0.2, 0) is 10.8 Å². The number of aromatic nitrogens is 3. The third-order valence-corrected chi connectivity index (χ3v) is 9.65. The van der Waals surface area contributed by atoms with E-state index >= 15 is 0 Å². The van der Waals surface area contributed by atoms with Crippen molar-refractivity contribution in [3.05, 3.63) is 257 Å². The predicted octanol–water partition coefficient (Wildman–Crippen LogP) is 10.3. The summed E-state index contributed by atoms with van der Waals surface area (Å²) in [6, 6.07) is 70.0. The van der Waals surface area contributed by atoms with Gasteiger partial charge in [-0.1, -0.05) is 158 Å². The Balaban J connectivity index is 1.37. The summed E-state index contributed by atoms with van der Waals surface area (Å²) in [6.45, 7) is 0. The molecular weight excluding hydrogens is 607 g/mol. The van der Waals surface area contributed by atoms with Crippen molar-refractivity contribution in [2.45, 2.75) is 10.8 Å². The molecule has 50 heavy (non-hydrogen) atoms. The maximum atomic E-state index is 5.53. The van der Waals surface area contributed by atoms with Gasteiger partial charge in [-0.05, 0) is 70.3 Å². The molecule has 3 nitrogen and oxygen atoms in total. The molecule has 238 valence electrons. The van der Waals surface area contributed by atoms with Gasteiger partial charge in [0.15, 0.2) is 0 Å². The fraction of sp³-hybridized carbons (Fsp3) is 0.0426. The van der Waals surface area contributed by atoms with E-state index in [-0.39, 0.29) is 0 Å². The average molecular weight is 642 g/mol. The zero-order valence-corrected chi connectivity index (χ0v) is 27.5. The third-order valence-electron chi connectivity index (χ3n) is 9.65. The molecule has 0 saturated heterocycles. The first-order chi connectivity index (χ1) is 24.8. The Morgan fingerprint density at radius 2 is 0.700 bits per heavy atom. The molecule has 5 aromatic carbocycles. The highest BCUT2D eigenvalue weighted by atomic mass is 14.8. The first-order valence-electron chi connectivity index (χ1n) is 16.9. The van der Waals surface area contributed by atoms with Gasteiger partial charge in [0, 0.05) is 18.0 Å². The van der Waals surface area contributed by atoms with Crippen LogP contribution in [0.5, 0.6) is 0 Å². The van der Waals surface area contributed by atoms with Gasteiger partial charge in [0.1, 0.15) is 5.41 Å². The summed E-state index contributed by atoms with van der Waals surface area (Å²) in [5.41, 5.74) is 8.87.